The van der Waals surface area contributed by atoms with Crippen LogP contribution in [-0.2, 0) is 10.2 Å². The monoisotopic (exact) mass is 244 g/mol. The van der Waals surface area contributed by atoms with Gasteiger partial charge in [-0.25, -0.2) is 0 Å². The van der Waals surface area contributed by atoms with E-state index in [0.717, 1.165) is 45.4 Å². The zero-order valence-corrected chi connectivity index (χ0v) is 10.7. The largest absolute Gasteiger partial charge is 0.342 e. The van der Waals surface area contributed by atoms with Gasteiger partial charge in [-0.2, -0.15) is 0 Å². The lowest BCUT2D eigenvalue weighted by Gasteiger charge is -2.43. The minimum absolute atomic E-state index is 0.271. The second-order valence-corrected chi connectivity index (χ2v) is 5.34. The van der Waals surface area contributed by atoms with E-state index in [9.17, 15) is 4.79 Å². The van der Waals surface area contributed by atoms with Gasteiger partial charge in [-0.15, -0.1) is 0 Å². The fraction of sp³-hybridized carbons (Fsp3) is 0.533. The molecular formula is C15H20N2O. The van der Waals surface area contributed by atoms with E-state index in [1.807, 2.05) is 23.1 Å². The Labute approximate surface area is 108 Å². The van der Waals surface area contributed by atoms with Gasteiger partial charge >= 0.3 is 0 Å². The quantitative estimate of drug-likeness (QED) is 0.856. The molecule has 2 fully saturated rings. The van der Waals surface area contributed by atoms with Crippen LogP contribution in [-0.4, -0.2) is 37.0 Å². The van der Waals surface area contributed by atoms with E-state index >= 15 is 0 Å². The molecule has 3 heteroatoms. The van der Waals surface area contributed by atoms with Crippen LogP contribution in [0.2, 0.25) is 0 Å². The van der Waals surface area contributed by atoms with Gasteiger partial charge in [0, 0.05) is 13.1 Å². The van der Waals surface area contributed by atoms with Gasteiger partial charge in [0.15, 0.2) is 0 Å². The summed E-state index contributed by atoms with van der Waals surface area (Å²) in [7, 11) is 0. The molecule has 0 unspecified atom stereocenters. The summed E-state index contributed by atoms with van der Waals surface area (Å²) in [5.74, 6) is 0.349. The normalized spacial score (nSPS) is 22.3. The van der Waals surface area contributed by atoms with Crippen LogP contribution in [0.4, 0.5) is 0 Å². The molecule has 2 saturated heterocycles. The summed E-state index contributed by atoms with van der Waals surface area (Å²) in [6, 6.07) is 10.3. The Balaban J connectivity index is 1.95. The lowest BCUT2D eigenvalue weighted by atomic mass is 9.71. The molecule has 0 radical (unpaired) electrons. The van der Waals surface area contributed by atoms with Crippen LogP contribution in [0, 0.1) is 0 Å². The van der Waals surface area contributed by atoms with Crippen molar-refractivity contribution in [2.45, 2.75) is 24.7 Å². The summed E-state index contributed by atoms with van der Waals surface area (Å²) < 4.78 is 0. The highest BCUT2D eigenvalue weighted by molar-refractivity contribution is 5.89. The molecule has 1 aromatic rings. The van der Waals surface area contributed by atoms with Gasteiger partial charge < -0.3 is 10.2 Å². The van der Waals surface area contributed by atoms with Crippen molar-refractivity contribution < 1.29 is 4.79 Å². The van der Waals surface area contributed by atoms with Crippen LogP contribution in [0.5, 0.6) is 0 Å². The molecule has 2 aliphatic heterocycles. The average molecular weight is 244 g/mol. The SMILES string of the molecule is O=C(N1CCC1)C1(c2ccccc2)CCNCC1. The van der Waals surface area contributed by atoms with Gasteiger partial charge in [-0.3, -0.25) is 4.79 Å². The molecule has 1 amide bonds. The highest BCUT2D eigenvalue weighted by Gasteiger charge is 2.44. The first-order valence-corrected chi connectivity index (χ1v) is 6.89. The number of nitrogens with zero attached hydrogens (tertiary/aromatic N) is 1. The number of piperidine rings is 1. The zero-order valence-electron chi connectivity index (χ0n) is 10.7. The zero-order chi connectivity index (χ0) is 12.4. The smallest absolute Gasteiger partial charge is 0.233 e. The number of benzene rings is 1. The highest BCUT2D eigenvalue weighted by Crippen LogP contribution is 2.36. The maximum atomic E-state index is 12.8. The van der Waals surface area contributed by atoms with Crippen LogP contribution >= 0.6 is 0 Å². The molecule has 2 aliphatic rings. The number of likely N-dealkylation sites (tertiary alicyclic amines) is 1. The third-order valence-corrected chi connectivity index (χ3v) is 4.34. The van der Waals surface area contributed by atoms with Crippen LogP contribution in [0.3, 0.4) is 0 Å². The highest BCUT2D eigenvalue weighted by atomic mass is 16.2. The van der Waals surface area contributed by atoms with Crippen molar-refractivity contribution in [1.82, 2.24) is 10.2 Å². The van der Waals surface area contributed by atoms with E-state index in [-0.39, 0.29) is 5.41 Å². The Morgan fingerprint density at radius 2 is 1.78 bits per heavy atom. The van der Waals surface area contributed by atoms with Crippen molar-refractivity contribution >= 4 is 5.91 Å². The van der Waals surface area contributed by atoms with Crippen LogP contribution < -0.4 is 5.32 Å². The lowest BCUT2D eigenvalue weighted by Crippen LogP contribution is -2.55. The summed E-state index contributed by atoms with van der Waals surface area (Å²) in [5.41, 5.74) is 0.927. The van der Waals surface area contributed by atoms with E-state index in [1.54, 1.807) is 0 Å². The van der Waals surface area contributed by atoms with Crippen molar-refractivity contribution in [2.24, 2.45) is 0 Å². The first-order chi connectivity index (χ1) is 8.83. The van der Waals surface area contributed by atoms with Gasteiger partial charge in [-0.05, 0) is 37.9 Å². The minimum atomic E-state index is -0.271. The Hall–Kier alpha value is -1.35. The lowest BCUT2D eigenvalue weighted by molar-refractivity contribution is -0.142. The molecule has 1 N–H and O–H groups in total. The molecule has 18 heavy (non-hydrogen) atoms. The van der Waals surface area contributed by atoms with E-state index in [2.05, 4.69) is 17.4 Å². The molecule has 3 rings (SSSR count). The first-order valence-electron chi connectivity index (χ1n) is 6.89. The van der Waals surface area contributed by atoms with Crippen LogP contribution in [0.15, 0.2) is 30.3 Å². The Morgan fingerprint density at radius 1 is 1.11 bits per heavy atom. The molecule has 1 aromatic carbocycles. The van der Waals surface area contributed by atoms with E-state index in [1.165, 1.54) is 5.56 Å². The molecule has 0 atom stereocenters. The van der Waals surface area contributed by atoms with Gasteiger partial charge in [-0.1, -0.05) is 30.3 Å². The standard InChI is InChI=1S/C15H20N2O/c18-14(17-11-4-12-17)15(7-9-16-10-8-15)13-5-2-1-3-6-13/h1-3,5-6,16H,4,7-12H2. The number of hydrogen-bond acceptors (Lipinski definition) is 2. The minimum Gasteiger partial charge on any atom is -0.342 e. The van der Waals surface area contributed by atoms with Crippen LogP contribution in [0.1, 0.15) is 24.8 Å². The van der Waals surface area contributed by atoms with Gasteiger partial charge in [0.25, 0.3) is 0 Å². The molecule has 96 valence electrons. The van der Waals surface area contributed by atoms with Crippen LogP contribution in [0.25, 0.3) is 0 Å². The maximum absolute atomic E-state index is 12.8. The fourth-order valence-corrected chi connectivity index (χ4v) is 3.06. The molecule has 0 aliphatic carbocycles. The van der Waals surface area contributed by atoms with E-state index < -0.39 is 0 Å². The second-order valence-electron chi connectivity index (χ2n) is 5.34. The number of rotatable bonds is 2. The van der Waals surface area contributed by atoms with E-state index in [4.69, 9.17) is 0 Å². The number of carbonyl (C=O) groups excluding carboxylic acids is 1. The third kappa shape index (κ3) is 1.83. The van der Waals surface area contributed by atoms with Crippen molar-refractivity contribution in [3.05, 3.63) is 35.9 Å². The van der Waals surface area contributed by atoms with Crippen molar-refractivity contribution in [3.8, 4) is 0 Å². The molecule has 0 bridgehead atoms. The maximum Gasteiger partial charge on any atom is 0.233 e. The number of carbonyl (C=O) groups is 1. The second kappa shape index (κ2) is 4.73. The summed E-state index contributed by atoms with van der Waals surface area (Å²) in [6.45, 7) is 3.77. The van der Waals surface area contributed by atoms with Gasteiger partial charge in [0.05, 0.1) is 5.41 Å². The van der Waals surface area contributed by atoms with Crippen molar-refractivity contribution in [3.63, 3.8) is 0 Å². The number of hydrogen-bond donors (Lipinski definition) is 1. The number of nitrogens with one attached hydrogen (secondary N) is 1. The Morgan fingerprint density at radius 3 is 2.33 bits per heavy atom. The summed E-state index contributed by atoms with van der Waals surface area (Å²) in [4.78, 5) is 14.8. The predicted molar refractivity (Wildman–Crippen MR) is 71.4 cm³/mol. The molecule has 0 saturated carbocycles. The van der Waals surface area contributed by atoms with Crippen molar-refractivity contribution in [2.75, 3.05) is 26.2 Å². The molecule has 0 aromatic heterocycles. The first kappa shape index (κ1) is 11.7. The van der Waals surface area contributed by atoms with Crippen molar-refractivity contribution in [1.29, 1.82) is 0 Å². The fourth-order valence-electron chi connectivity index (χ4n) is 3.06. The number of amides is 1. The topological polar surface area (TPSA) is 32.3 Å². The molecule has 3 nitrogen and oxygen atoms in total. The summed E-state index contributed by atoms with van der Waals surface area (Å²) in [6.07, 6.45) is 3.01. The summed E-state index contributed by atoms with van der Waals surface area (Å²) in [5, 5.41) is 3.37. The molecule has 0 spiro atoms. The van der Waals surface area contributed by atoms with Gasteiger partial charge in [0.2, 0.25) is 5.91 Å². The van der Waals surface area contributed by atoms with E-state index in [0.29, 0.717) is 5.91 Å². The average Bonchev–Trinajstić information content (AvgIpc) is 2.38. The summed E-state index contributed by atoms with van der Waals surface area (Å²) >= 11 is 0. The third-order valence-electron chi connectivity index (χ3n) is 4.34. The molecule has 2 heterocycles. The Bertz CT molecular complexity index is 419. The predicted octanol–water partition coefficient (Wildman–Crippen LogP) is 1.54. The van der Waals surface area contributed by atoms with Gasteiger partial charge in [0.1, 0.15) is 0 Å². The molecular weight excluding hydrogens is 224 g/mol. The Kier molecular flexibility index (Phi) is 3.08.